The van der Waals surface area contributed by atoms with Crippen LogP contribution >= 0.6 is 0 Å². The lowest BCUT2D eigenvalue weighted by Gasteiger charge is -2.57. The van der Waals surface area contributed by atoms with E-state index in [1.54, 1.807) is 0 Å². The molecule has 3 atom stereocenters. The van der Waals surface area contributed by atoms with Gasteiger partial charge >= 0.3 is 0 Å². The van der Waals surface area contributed by atoms with Crippen molar-refractivity contribution < 1.29 is 28.4 Å². The van der Waals surface area contributed by atoms with Gasteiger partial charge in [0, 0.05) is 22.6 Å². The molecule has 7 fully saturated rings. The topological polar surface area (TPSA) is 65.3 Å². The number of epoxide rings is 3. The zero-order valence-corrected chi connectivity index (χ0v) is 22.2. The van der Waals surface area contributed by atoms with Gasteiger partial charge in [-0.05, 0) is 68.1 Å². The molecule has 0 N–H and O–H groups in total. The van der Waals surface area contributed by atoms with E-state index in [0.717, 1.165) is 61.2 Å². The standard InChI is InChI=1S/C30H42O6/c1-4-29(2,3)26-24(34-15-21-12-31-21)8-25(35-16-22-13-32-22)27(28(26)36-17-23-14-33-23)30-9-18-5-19(10-30)7-20(6-18)11-30/h8,18-23H,4-7,9-17H2,1-3H3. The minimum Gasteiger partial charge on any atom is -0.490 e. The second-order valence-electron chi connectivity index (χ2n) is 13.2. The largest absolute Gasteiger partial charge is 0.490 e. The highest BCUT2D eigenvalue weighted by Gasteiger charge is 2.54. The van der Waals surface area contributed by atoms with Crippen molar-refractivity contribution in [3.05, 3.63) is 17.2 Å². The lowest BCUT2D eigenvalue weighted by atomic mass is 9.47. The summed E-state index contributed by atoms with van der Waals surface area (Å²) in [6, 6.07) is 2.20. The molecule has 4 bridgehead atoms. The monoisotopic (exact) mass is 498 g/mol. The summed E-state index contributed by atoms with van der Waals surface area (Å²) in [5, 5.41) is 0. The van der Waals surface area contributed by atoms with E-state index in [2.05, 4.69) is 26.8 Å². The maximum Gasteiger partial charge on any atom is 0.134 e. The lowest BCUT2D eigenvalue weighted by molar-refractivity contribution is -0.00794. The highest BCUT2D eigenvalue weighted by atomic mass is 16.6. The fourth-order valence-electron chi connectivity index (χ4n) is 7.76. The third-order valence-electron chi connectivity index (χ3n) is 9.81. The van der Waals surface area contributed by atoms with Crippen LogP contribution < -0.4 is 14.2 Å². The molecule has 0 spiro atoms. The van der Waals surface area contributed by atoms with Gasteiger partial charge in [-0.3, -0.25) is 0 Å². The van der Waals surface area contributed by atoms with Crippen molar-refractivity contribution in [3.63, 3.8) is 0 Å². The minimum absolute atomic E-state index is 0.103. The number of hydrogen-bond donors (Lipinski definition) is 0. The van der Waals surface area contributed by atoms with Crippen molar-refractivity contribution in [2.75, 3.05) is 39.6 Å². The van der Waals surface area contributed by atoms with Crippen molar-refractivity contribution in [1.82, 2.24) is 0 Å². The number of rotatable bonds is 12. The molecule has 8 rings (SSSR count). The van der Waals surface area contributed by atoms with Gasteiger partial charge in [0.2, 0.25) is 0 Å². The Balaban J connectivity index is 1.38. The van der Waals surface area contributed by atoms with Crippen LogP contribution in [0.5, 0.6) is 17.2 Å². The van der Waals surface area contributed by atoms with Crippen LogP contribution in [0.2, 0.25) is 0 Å². The highest BCUT2D eigenvalue weighted by molar-refractivity contribution is 5.63. The number of ether oxygens (including phenoxy) is 6. The lowest BCUT2D eigenvalue weighted by Crippen LogP contribution is -2.49. The molecule has 3 unspecified atom stereocenters. The molecular formula is C30H42O6. The summed E-state index contributed by atoms with van der Waals surface area (Å²) in [7, 11) is 0. The Morgan fingerprint density at radius 2 is 1.25 bits per heavy atom. The molecule has 6 heteroatoms. The van der Waals surface area contributed by atoms with E-state index >= 15 is 0 Å². The first kappa shape index (κ1) is 23.6. The maximum absolute atomic E-state index is 6.85. The molecule has 4 saturated carbocycles. The molecule has 3 saturated heterocycles. The summed E-state index contributed by atoms with van der Waals surface area (Å²) in [5.41, 5.74) is 2.56. The van der Waals surface area contributed by atoms with Crippen LogP contribution in [0, 0.1) is 17.8 Å². The van der Waals surface area contributed by atoms with Gasteiger partial charge in [0.1, 0.15) is 55.4 Å². The van der Waals surface area contributed by atoms with Crippen molar-refractivity contribution in [3.8, 4) is 17.2 Å². The average molecular weight is 499 g/mol. The average Bonchev–Trinajstić information content (AvgIpc) is 3.69. The molecule has 0 aromatic heterocycles. The van der Waals surface area contributed by atoms with Crippen LogP contribution in [-0.2, 0) is 25.0 Å². The van der Waals surface area contributed by atoms with E-state index in [1.165, 1.54) is 49.7 Å². The second-order valence-corrected chi connectivity index (χ2v) is 13.2. The predicted octanol–water partition coefficient (Wildman–Crippen LogP) is 5.17. The van der Waals surface area contributed by atoms with Gasteiger partial charge in [-0.25, -0.2) is 0 Å². The first-order chi connectivity index (χ1) is 17.4. The van der Waals surface area contributed by atoms with E-state index in [-0.39, 0.29) is 29.1 Å². The van der Waals surface area contributed by atoms with Gasteiger partial charge in [-0.1, -0.05) is 20.8 Å². The molecule has 4 aliphatic carbocycles. The Morgan fingerprint density at radius 1 is 0.778 bits per heavy atom. The summed E-state index contributed by atoms with van der Waals surface area (Å²) in [6.07, 6.45) is 9.59. The van der Waals surface area contributed by atoms with Crippen molar-refractivity contribution in [2.24, 2.45) is 17.8 Å². The predicted molar refractivity (Wildman–Crippen MR) is 135 cm³/mol. The van der Waals surface area contributed by atoms with Crippen LogP contribution in [0.3, 0.4) is 0 Å². The van der Waals surface area contributed by atoms with Gasteiger partial charge in [-0.2, -0.15) is 0 Å². The van der Waals surface area contributed by atoms with Crippen LogP contribution in [0.15, 0.2) is 6.07 Å². The van der Waals surface area contributed by atoms with Crippen LogP contribution in [0.1, 0.15) is 76.8 Å². The number of hydrogen-bond acceptors (Lipinski definition) is 6. The van der Waals surface area contributed by atoms with Gasteiger partial charge in [0.15, 0.2) is 0 Å². The molecule has 1 aromatic carbocycles. The SMILES string of the molecule is CCC(C)(C)c1c(OCC2CO2)cc(OCC2CO2)c(C23CC4CC(CC(C4)C2)C3)c1OCC1CO1. The van der Waals surface area contributed by atoms with Gasteiger partial charge in [-0.15, -0.1) is 0 Å². The molecule has 36 heavy (non-hydrogen) atoms. The van der Waals surface area contributed by atoms with Crippen LogP contribution in [-0.4, -0.2) is 58.0 Å². The number of benzene rings is 1. The molecular weight excluding hydrogens is 456 g/mol. The second kappa shape index (κ2) is 8.78. The zero-order chi connectivity index (χ0) is 24.5. The van der Waals surface area contributed by atoms with Crippen molar-refractivity contribution >= 4 is 0 Å². The smallest absolute Gasteiger partial charge is 0.134 e. The third kappa shape index (κ3) is 4.52. The summed E-state index contributed by atoms with van der Waals surface area (Å²) in [6.45, 7) is 11.0. The van der Waals surface area contributed by atoms with E-state index in [1.807, 2.05) is 0 Å². The van der Waals surface area contributed by atoms with Gasteiger partial charge in [0.05, 0.1) is 19.8 Å². The first-order valence-corrected chi connectivity index (χ1v) is 14.4. The van der Waals surface area contributed by atoms with E-state index in [9.17, 15) is 0 Å². The minimum atomic E-state index is -0.103. The molecule has 198 valence electrons. The Morgan fingerprint density at radius 3 is 1.72 bits per heavy atom. The Labute approximate surface area is 215 Å². The first-order valence-electron chi connectivity index (χ1n) is 14.4. The van der Waals surface area contributed by atoms with Crippen LogP contribution in [0.25, 0.3) is 0 Å². The highest BCUT2D eigenvalue weighted by Crippen LogP contribution is 2.65. The third-order valence-corrected chi connectivity index (χ3v) is 9.81. The normalized spacial score (nSPS) is 37.6. The van der Waals surface area contributed by atoms with Crippen LogP contribution in [0.4, 0.5) is 0 Å². The maximum atomic E-state index is 6.85. The Kier molecular flexibility index (Phi) is 5.75. The van der Waals surface area contributed by atoms with E-state index in [0.29, 0.717) is 19.8 Å². The molecule has 7 aliphatic rings. The summed E-state index contributed by atoms with van der Waals surface area (Å²) >= 11 is 0. The van der Waals surface area contributed by atoms with Gasteiger partial charge in [0.25, 0.3) is 0 Å². The fourth-order valence-corrected chi connectivity index (χ4v) is 7.76. The van der Waals surface area contributed by atoms with Crippen molar-refractivity contribution in [1.29, 1.82) is 0 Å². The Bertz CT molecular complexity index is 954. The molecule has 0 radical (unpaired) electrons. The molecule has 6 nitrogen and oxygen atoms in total. The fraction of sp³-hybridized carbons (Fsp3) is 0.800. The van der Waals surface area contributed by atoms with Crippen molar-refractivity contribution in [2.45, 2.75) is 94.9 Å². The molecule has 3 heterocycles. The summed E-state index contributed by atoms with van der Waals surface area (Å²) in [5.74, 6) is 5.38. The Hall–Kier alpha value is -1.50. The van der Waals surface area contributed by atoms with E-state index < -0.39 is 0 Å². The van der Waals surface area contributed by atoms with Gasteiger partial charge < -0.3 is 28.4 Å². The summed E-state index contributed by atoms with van der Waals surface area (Å²) < 4.78 is 36.6. The van der Waals surface area contributed by atoms with E-state index in [4.69, 9.17) is 28.4 Å². The molecule has 0 amide bonds. The summed E-state index contributed by atoms with van der Waals surface area (Å²) in [4.78, 5) is 0. The molecule has 1 aromatic rings. The molecule has 3 aliphatic heterocycles. The zero-order valence-electron chi connectivity index (χ0n) is 22.2. The quantitative estimate of drug-likeness (QED) is 0.370.